The molecule has 1 unspecified atom stereocenters. The first kappa shape index (κ1) is 17.1. The van der Waals surface area contributed by atoms with Crippen molar-refractivity contribution in [3.05, 3.63) is 46.7 Å². The van der Waals surface area contributed by atoms with E-state index < -0.39 is 10.0 Å². The first-order valence-electron chi connectivity index (χ1n) is 7.92. The highest BCUT2D eigenvalue weighted by molar-refractivity contribution is 7.89. The Morgan fingerprint density at radius 2 is 2.04 bits per heavy atom. The van der Waals surface area contributed by atoms with Gasteiger partial charge in [-0.15, -0.1) is 11.3 Å². The number of piperidine rings is 1. The minimum atomic E-state index is -3.52. The monoisotopic (exact) mass is 364 g/mol. The molecule has 0 bridgehead atoms. The third kappa shape index (κ3) is 3.68. The zero-order valence-electron chi connectivity index (χ0n) is 13.4. The normalized spacial score (nSPS) is 19.1. The van der Waals surface area contributed by atoms with E-state index in [0.717, 1.165) is 24.2 Å². The molecule has 1 aliphatic heterocycles. The largest absolute Gasteiger partial charge is 0.321 e. The van der Waals surface area contributed by atoms with Gasteiger partial charge >= 0.3 is 0 Å². The smallest absolute Gasteiger partial charge is 0.265 e. The lowest BCUT2D eigenvalue weighted by atomic mass is 10.0. The lowest BCUT2D eigenvalue weighted by Crippen LogP contribution is -2.38. The molecular weight excluding hydrogens is 344 g/mol. The summed E-state index contributed by atoms with van der Waals surface area (Å²) in [6, 6.07) is 10.6. The number of carbonyl (C=O) groups excluding carboxylic acids is 1. The predicted molar refractivity (Wildman–Crippen MR) is 95.9 cm³/mol. The molecular formula is C17H20N2O3S2. The van der Waals surface area contributed by atoms with Crippen LogP contribution in [0.4, 0.5) is 5.69 Å². The van der Waals surface area contributed by atoms with Crippen LogP contribution >= 0.6 is 11.3 Å². The molecule has 2 heterocycles. The third-order valence-electron chi connectivity index (χ3n) is 4.09. The van der Waals surface area contributed by atoms with Crippen molar-refractivity contribution in [3.8, 4) is 0 Å². The Hall–Kier alpha value is -1.70. The van der Waals surface area contributed by atoms with Gasteiger partial charge in [-0.1, -0.05) is 25.1 Å². The van der Waals surface area contributed by atoms with Gasteiger partial charge in [-0.05, 0) is 37.0 Å². The van der Waals surface area contributed by atoms with Gasteiger partial charge in [0.05, 0.1) is 9.77 Å². The van der Waals surface area contributed by atoms with E-state index in [9.17, 15) is 13.2 Å². The van der Waals surface area contributed by atoms with Crippen LogP contribution in [0.15, 0.2) is 46.7 Å². The summed E-state index contributed by atoms with van der Waals surface area (Å²) < 4.78 is 27.0. The highest BCUT2D eigenvalue weighted by Gasteiger charge is 2.29. The van der Waals surface area contributed by atoms with Crippen LogP contribution in [-0.2, 0) is 10.0 Å². The molecule has 1 amide bonds. The Morgan fingerprint density at radius 3 is 2.75 bits per heavy atom. The maximum Gasteiger partial charge on any atom is 0.265 e. The number of anilines is 1. The number of hydrogen-bond donors (Lipinski definition) is 1. The van der Waals surface area contributed by atoms with Crippen LogP contribution in [0.1, 0.15) is 29.4 Å². The number of thiophene rings is 1. The molecule has 1 atom stereocenters. The van der Waals surface area contributed by atoms with E-state index in [1.54, 1.807) is 17.5 Å². The summed E-state index contributed by atoms with van der Waals surface area (Å²) in [5.74, 6) is 0.0765. The standard InChI is InChI=1S/C17H20N2O3S2/c1-13-6-5-9-19(11-13)24(21,22)15-10-16(23-12-15)17(20)18-14-7-3-2-4-8-14/h2-4,7-8,10,12-13H,5-6,9,11H2,1H3,(H,18,20). The van der Waals surface area contributed by atoms with Crippen molar-refractivity contribution < 1.29 is 13.2 Å². The number of carbonyl (C=O) groups is 1. The van der Waals surface area contributed by atoms with Crippen LogP contribution in [0.3, 0.4) is 0 Å². The van der Waals surface area contributed by atoms with E-state index in [1.807, 2.05) is 18.2 Å². The molecule has 1 aromatic carbocycles. The molecule has 1 saturated heterocycles. The number of para-hydroxylation sites is 1. The average Bonchev–Trinajstić information content (AvgIpc) is 3.07. The summed E-state index contributed by atoms with van der Waals surface area (Å²) in [5.41, 5.74) is 0.685. The number of rotatable bonds is 4. The molecule has 3 rings (SSSR count). The maximum atomic E-state index is 12.7. The Bertz CT molecular complexity index is 815. The molecule has 1 N–H and O–H groups in total. The van der Waals surface area contributed by atoms with Crippen LogP contribution in [0, 0.1) is 5.92 Å². The van der Waals surface area contributed by atoms with Crippen LogP contribution in [0.2, 0.25) is 0 Å². The van der Waals surface area contributed by atoms with Gasteiger partial charge in [-0.2, -0.15) is 4.31 Å². The summed E-state index contributed by atoms with van der Waals surface area (Å²) in [7, 11) is -3.52. The van der Waals surface area contributed by atoms with Crippen molar-refractivity contribution in [2.45, 2.75) is 24.7 Å². The van der Waals surface area contributed by atoms with E-state index >= 15 is 0 Å². The molecule has 2 aromatic rings. The summed E-state index contributed by atoms with van der Waals surface area (Å²) in [5, 5.41) is 4.32. The molecule has 0 radical (unpaired) electrons. The lowest BCUT2D eigenvalue weighted by Gasteiger charge is -2.29. The van der Waals surface area contributed by atoms with Crippen molar-refractivity contribution in [3.63, 3.8) is 0 Å². The molecule has 0 aliphatic carbocycles. The number of hydrogen-bond acceptors (Lipinski definition) is 4. The number of nitrogens with one attached hydrogen (secondary N) is 1. The van der Waals surface area contributed by atoms with Gasteiger partial charge < -0.3 is 5.32 Å². The third-order valence-corrected chi connectivity index (χ3v) is 7.01. The molecule has 5 nitrogen and oxygen atoms in total. The first-order chi connectivity index (χ1) is 11.5. The second-order valence-corrected chi connectivity index (χ2v) is 8.93. The van der Waals surface area contributed by atoms with Crippen LogP contribution in [-0.4, -0.2) is 31.7 Å². The van der Waals surface area contributed by atoms with Gasteiger partial charge in [0.25, 0.3) is 5.91 Å². The quantitative estimate of drug-likeness (QED) is 0.904. The zero-order valence-corrected chi connectivity index (χ0v) is 15.1. The first-order valence-corrected chi connectivity index (χ1v) is 10.2. The lowest BCUT2D eigenvalue weighted by molar-refractivity contribution is 0.103. The van der Waals surface area contributed by atoms with Crippen molar-refractivity contribution in [1.82, 2.24) is 4.31 Å². The Labute approximate surface area is 146 Å². The molecule has 128 valence electrons. The number of sulfonamides is 1. The summed E-state index contributed by atoms with van der Waals surface area (Å²) in [4.78, 5) is 12.9. The minimum absolute atomic E-state index is 0.208. The summed E-state index contributed by atoms with van der Waals surface area (Å²) in [6.45, 7) is 3.16. The number of benzene rings is 1. The van der Waals surface area contributed by atoms with Gasteiger partial charge in [-0.3, -0.25) is 4.79 Å². The van der Waals surface area contributed by atoms with Crippen LogP contribution < -0.4 is 5.32 Å². The van der Waals surface area contributed by atoms with Crippen LogP contribution in [0.25, 0.3) is 0 Å². The van der Waals surface area contributed by atoms with E-state index in [0.29, 0.717) is 29.6 Å². The fourth-order valence-electron chi connectivity index (χ4n) is 2.80. The van der Waals surface area contributed by atoms with Crippen molar-refractivity contribution in [1.29, 1.82) is 0 Å². The maximum absolute atomic E-state index is 12.7. The Morgan fingerprint density at radius 1 is 1.29 bits per heavy atom. The summed E-state index contributed by atoms with van der Waals surface area (Å²) >= 11 is 1.15. The van der Waals surface area contributed by atoms with E-state index in [2.05, 4.69) is 12.2 Å². The van der Waals surface area contributed by atoms with Gasteiger partial charge in [0.15, 0.2) is 0 Å². The second-order valence-electron chi connectivity index (χ2n) is 6.08. The number of amides is 1. The van der Waals surface area contributed by atoms with Crippen molar-refractivity contribution in [2.24, 2.45) is 5.92 Å². The van der Waals surface area contributed by atoms with Gasteiger partial charge in [-0.25, -0.2) is 8.42 Å². The van der Waals surface area contributed by atoms with Gasteiger partial charge in [0, 0.05) is 24.2 Å². The number of nitrogens with zero attached hydrogens (tertiary/aromatic N) is 1. The Balaban J connectivity index is 1.76. The molecule has 0 saturated carbocycles. The SMILES string of the molecule is CC1CCCN(S(=O)(=O)c2csc(C(=O)Nc3ccccc3)c2)C1. The molecule has 24 heavy (non-hydrogen) atoms. The van der Waals surface area contributed by atoms with E-state index in [4.69, 9.17) is 0 Å². The fourth-order valence-corrected chi connectivity index (χ4v) is 5.56. The molecule has 7 heteroatoms. The Kier molecular flexibility index (Phi) is 5.03. The fraction of sp³-hybridized carbons (Fsp3) is 0.353. The zero-order chi connectivity index (χ0) is 17.2. The second kappa shape index (κ2) is 7.04. The molecule has 0 spiro atoms. The minimum Gasteiger partial charge on any atom is -0.321 e. The predicted octanol–water partition coefficient (Wildman–Crippen LogP) is 3.42. The van der Waals surface area contributed by atoms with E-state index in [1.165, 1.54) is 10.4 Å². The van der Waals surface area contributed by atoms with Gasteiger partial charge in [0.1, 0.15) is 0 Å². The summed E-state index contributed by atoms with van der Waals surface area (Å²) in [6.07, 6.45) is 1.94. The average molecular weight is 364 g/mol. The van der Waals surface area contributed by atoms with Crippen molar-refractivity contribution in [2.75, 3.05) is 18.4 Å². The van der Waals surface area contributed by atoms with E-state index in [-0.39, 0.29) is 10.8 Å². The highest BCUT2D eigenvalue weighted by atomic mass is 32.2. The molecule has 1 aromatic heterocycles. The van der Waals surface area contributed by atoms with Gasteiger partial charge in [0.2, 0.25) is 10.0 Å². The molecule has 1 aliphatic rings. The molecule has 1 fully saturated rings. The van der Waals surface area contributed by atoms with Crippen LogP contribution in [0.5, 0.6) is 0 Å². The highest BCUT2D eigenvalue weighted by Crippen LogP contribution is 2.27. The van der Waals surface area contributed by atoms with Crippen molar-refractivity contribution >= 4 is 33.0 Å². The topological polar surface area (TPSA) is 66.5 Å².